The molecule has 0 aliphatic heterocycles. The lowest BCUT2D eigenvalue weighted by atomic mass is 10.1. The monoisotopic (exact) mass is 394 g/mol. The van der Waals surface area contributed by atoms with E-state index in [2.05, 4.69) is 30.4 Å². The fourth-order valence-corrected chi connectivity index (χ4v) is 2.94. The highest BCUT2D eigenvalue weighted by Gasteiger charge is 2.12. The van der Waals surface area contributed by atoms with Crippen molar-refractivity contribution >= 4 is 24.5 Å². The zero-order valence-corrected chi connectivity index (χ0v) is 17.5. The third-order valence-corrected chi connectivity index (χ3v) is 4.24. The number of ether oxygens (including phenoxy) is 3. The van der Waals surface area contributed by atoms with Gasteiger partial charge in [-0.1, -0.05) is 42.5 Å². The number of rotatable bonds is 12. The molecule has 0 radical (unpaired) electrons. The van der Waals surface area contributed by atoms with Gasteiger partial charge in [0.25, 0.3) is 0 Å². The summed E-state index contributed by atoms with van der Waals surface area (Å²) < 4.78 is 17.0. The van der Waals surface area contributed by atoms with Crippen molar-refractivity contribution in [2.75, 3.05) is 20.3 Å². The standard InChI is InChI=1S/C25H30O4/c1-4-28-23-18-22(25(27-3)24(19-23)29-5-2)15-14-21-13-10-12-20(17-21)11-8-6-7-9-16-26/h8,10-19H,4-7,9H2,1-3H3. The fraction of sp³-hybridized carbons (Fsp3) is 0.320. The molecule has 2 aromatic carbocycles. The van der Waals surface area contributed by atoms with Crippen molar-refractivity contribution in [2.24, 2.45) is 0 Å². The van der Waals surface area contributed by atoms with Gasteiger partial charge in [-0.2, -0.15) is 0 Å². The molecule has 0 aliphatic carbocycles. The first-order valence-corrected chi connectivity index (χ1v) is 10.1. The first kappa shape index (κ1) is 22.3. The molecule has 154 valence electrons. The molecule has 0 aromatic heterocycles. The average Bonchev–Trinajstić information content (AvgIpc) is 2.73. The van der Waals surface area contributed by atoms with Gasteiger partial charge >= 0.3 is 0 Å². The average molecular weight is 395 g/mol. The molecule has 0 amide bonds. The number of carbonyl (C=O) groups is 1. The van der Waals surface area contributed by atoms with Crippen LogP contribution in [-0.2, 0) is 4.79 Å². The van der Waals surface area contributed by atoms with Gasteiger partial charge in [0.15, 0.2) is 11.5 Å². The summed E-state index contributed by atoms with van der Waals surface area (Å²) in [5.41, 5.74) is 3.11. The second kappa shape index (κ2) is 12.4. The molecule has 0 saturated carbocycles. The van der Waals surface area contributed by atoms with E-state index in [1.165, 1.54) is 0 Å². The summed E-state index contributed by atoms with van der Waals surface area (Å²) in [6.45, 7) is 5.04. The van der Waals surface area contributed by atoms with Crippen LogP contribution in [0.2, 0.25) is 0 Å². The second-order valence-electron chi connectivity index (χ2n) is 6.41. The van der Waals surface area contributed by atoms with Crippen LogP contribution in [0.1, 0.15) is 49.8 Å². The lowest BCUT2D eigenvalue weighted by molar-refractivity contribution is -0.107. The van der Waals surface area contributed by atoms with Crippen LogP contribution in [0.15, 0.2) is 42.5 Å². The maximum atomic E-state index is 10.4. The predicted molar refractivity (Wildman–Crippen MR) is 120 cm³/mol. The molecule has 0 spiro atoms. The largest absolute Gasteiger partial charge is 0.494 e. The van der Waals surface area contributed by atoms with Crippen LogP contribution in [0, 0.1) is 0 Å². The molecule has 0 aliphatic rings. The maximum Gasteiger partial charge on any atom is 0.168 e. The van der Waals surface area contributed by atoms with Crippen LogP contribution < -0.4 is 14.2 Å². The SMILES string of the molecule is CCOc1cc(C=Cc2cccc(C=CCCCC=O)c2)c(OC)c(OCC)c1. The van der Waals surface area contributed by atoms with Gasteiger partial charge in [0.2, 0.25) is 0 Å². The lowest BCUT2D eigenvalue weighted by Gasteiger charge is -2.14. The molecule has 4 heteroatoms. The molecule has 0 N–H and O–H groups in total. The van der Waals surface area contributed by atoms with Gasteiger partial charge in [-0.05, 0) is 49.9 Å². The maximum absolute atomic E-state index is 10.4. The van der Waals surface area contributed by atoms with E-state index < -0.39 is 0 Å². The van der Waals surface area contributed by atoms with E-state index >= 15 is 0 Å². The Morgan fingerprint density at radius 2 is 1.66 bits per heavy atom. The van der Waals surface area contributed by atoms with Gasteiger partial charge in [0.05, 0.1) is 20.3 Å². The summed E-state index contributed by atoms with van der Waals surface area (Å²) >= 11 is 0. The third kappa shape index (κ3) is 7.15. The van der Waals surface area contributed by atoms with Gasteiger partial charge in [-0.25, -0.2) is 0 Å². The Labute approximate surface area is 173 Å². The molecule has 29 heavy (non-hydrogen) atoms. The smallest absolute Gasteiger partial charge is 0.168 e. The molecule has 2 rings (SSSR count). The highest BCUT2D eigenvalue weighted by Crippen LogP contribution is 2.37. The molecule has 0 atom stereocenters. The minimum Gasteiger partial charge on any atom is -0.494 e. The van der Waals surface area contributed by atoms with Crippen molar-refractivity contribution < 1.29 is 19.0 Å². The van der Waals surface area contributed by atoms with Crippen LogP contribution in [0.3, 0.4) is 0 Å². The van der Waals surface area contributed by atoms with Crippen LogP contribution in [0.4, 0.5) is 0 Å². The van der Waals surface area contributed by atoms with E-state index in [0.717, 1.165) is 41.6 Å². The minimum atomic E-state index is 0.552. The predicted octanol–water partition coefficient (Wildman–Crippen LogP) is 6.05. The molecule has 4 nitrogen and oxygen atoms in total. The summed E-state index contributed by atoms with van der Waals surface area (Å²) in [5, 5.41) is 0. The summed E-state index contributed by atoms with van der Waals surface area (Å²) in [6, 6.07) is 12.1. The number of methoxy groups -OCH3 is 1. The zero-order valence-electron chi connectivity index (χ0n) is 17.5. The molecule has 0 saturated heterocycles. The van der Waals surface area contributed by atoms with Crippen molar-refractivity contribution in [3.63, 3.8) is 0 Å². The highest BCUT2D eigenvalue weighted by molar-refractivity contribution is 5.76. The number of unbranched alkanes of at least 4 members (excludes halogenated alkanes) is 2. The molecule has 0 bridgehead atoms. The third-order valence-electron chi connectivity index (χ3n) is 4.24. The molecule has 2 aromatic rings. The Kier molecular flexibility index (Phi) is 9.56. The Hall–Kier alpha value is -3.01. The van der Waals surface area contributed by atoms with Gasteiger partial charge in [0.1, 0.15) is 12.0 Å². The summed E-state index contributed by atoms with van der Waals surface area (Å²) in [5.74, 6) is 2.12. The van der Waals surface area contributed by atoms with Crippen LogP contribution in [-0.4, -0.2) is 26.6 Å². The first-order chi connectivity index (χ1) is 14.2. The zero-order chi connectivity index (χ0) is 20.9. The van der Waals surface area contributed by atoms with Crippen molar-refractivity contribution in [3.05, 3.63) is 59.2 Å². The van der Waals surface area contributed by atoms with Crippen molar-refractivity contribution in [3.8, 4) is 17.2 Å². The van der Waals surface area contributed by atoms with Gasteiger partial charge in [0, 0.05) is 18.1 Å². The number of allylic oxidation sites excluding steroid dienone is 1. The number of aldehydes is 1. The Bertz CT molecular complexity index is 837. The molecule has 0 fully saturated rings. The normalized spacial score (nSPS) is 11.1. The Morgan fingerprint density at radius 1 is 0.897 bits per heavy atom. The van der Waals surface area contributed by atoms with Gasteiger partial charge < -0.3 is 19.0 Å². The fourth-order valence-electron chi connectivity index (χ4n) is 2.94. The van der Waals surface area contributed by atoms with E-state index in [9.17, 15) is 4.79 Å². The van der Waals surface area contributed by atoms with Gasteiger partial charge in [-0.3, -0.25) is 0 Å². The van der Waals surface area contributed by atoms with Crippen molar-refractivity contribution in [1.82, 2.24) is 0 Å². The van der Waals surface area contributed by atoms with E-state index in [-0.39, 0.29) is 0 Å². The first-order valence-electron chi connectivity index (χ1n) is 10.1. The van der Waals surface area contributed by atoms with Gasteiger partial charge in [-0.15, -0.1) is 0 Å². The summed E-state index contributed by atoms with van der Waals surface area (Å²) in [6.07, 6.45) is 11.6. The van der Waals surface area contributed by atoms with Crippen molar-refractivity contribution in [2.45, 2.75) is 33.1 Å². The van der Waals surface area contributed by atoms with E-state index in [1.807, 2.05) is 44.2 Å². The molecular weight excluding hydrogens is 364 g/mol. The van der Waals surface area contributed by atoms with Crippen LogP contribution in [0.25, 0.3) is 18.2 Å². The number of carbonyl (C=O) groups excluding carboxylic acids is 1. The number of benzene rings is 2. The number of hydrogen-bond donors (Lipinski definition) is 0. The summed E-state index contributed by atoms with van der Waals surface area (Å²) in [4.78, 5) is 10.4. The molecule has 0 heterocycles. The Morgan fingerprint density at radius 3 is 2.34 bits per heavy atom. The quantitative estimate of drug-likeness (QED) is 0.250. The number of hydrogen-bond acceptors (Lipinski definition) is 4. The second-order valence-corrected chi connectivity index (χ2v) is 6.41. The minimum absolute atomic E-state index is 0.552. The summed E-state index contributed by atoms with van der Waals surface area (Å²) in [7, 11) is 1.64. The molecular formula is C25H30O4. The van der Waals surface area contributed by atoms with Crippen LogP contribution in [0.5, 0.6) is 17.2 Å². The van der Waals surface area contributed by atoms with E-state index in [0.29, 0.717) is 31.1 Å². The van der Waals surface area contributed by atoms with E-state index in [1.54, 1.807) is 7.11 Å². The lowest BCUT2D eigenvalue weighted by Crippen LogP contribution is -1.99. The van der Waals surface area contributed by atoms with E-state index in [4.69, 9.17) is 14.2 Å². The van der Waals surface area contributed by atoms with Crippen LogP contribution >= 0.6 is 0 Å². The highest BCUT2D eigenvalue weighted by atomic mass is 16.5. The van der Waals surface area contributed by atoms with Crippen molar-refractivity contribution in [1.29, 1.82) is 0 Å². The Balaban J connectivity index is 2.23. The molecule has 0 unspecified atom stereocenters. The topological polar surface area (TPSA) is 44.8 Å².